The minimum absolute atomic E-state index is 0.215. The molecule has 0 aliphatic rings. The highest BCUT2D eigenvalue weighted by Crippen LogP contribution is 2.18. The molecule has 0 bridgehead atoms. The fraction of sp³-hybridized carbons (Fsp3) is 0.500. The van der Waals surface area contributed by atoms with Crippen LogP contribution in [0.1, 0.15) is 58.8 Å². The maximum atomic E-state index is 5.91. The zero-order valence-electron chi connectivity index (χ0n) is 14.4. The van der Waals surface area contributed by atoms with Crippen molar-refractivity contribution in [1.29, 1.82) is 0 Å². The Morgan fingerprint density at radius 2 is 1.57 bits per heavy atom. The molecule has 0 saturated heterocycles. The van der Waals surface area contributed by atoms with Crippen LogP contribution in [0.15, 0.2) is 42.7 Å². The van der Waals surface area contributed by atoms with Crippen LogP contribution in [0.3, 0.4) is 0 Å². The Hall–Kier alpha value is -1.90. The fourth-order valence-corrected chi connectivity index (χ4v) is 2.62. The van der Waals surface area contributed by atoms with E-state index in [1.807, 2.05) is 30.3 Å². The number of unbranched alkanes of at least 4 members (excludes halogenated alkanes) is 5. The quantitative estimate of drug-likeness (QED) is 0.531. The maximum absolute atomic E-state index is 5.91. The Kier molecular flexibility index (Phi) is 7.58. The van der Waals surface area contributed by atoms with E-state index < -0.39 is 0 Å². The molecular formula is C20H28N2O. The number of ether oxygens (including phenoxy) is 1. The van der Waals surface area contributed by atoms with Crippen LogP contribution in [0.4, 0.5) is 0 Å². The van der Waals surface area contributed by atoms with Crippen molar-refractivity contribution in [3.8, 4) is 17.1 Å². The van der Waals surface area contributed by atoms with Crippen molar-refractivity contribution < 1.29 is 4.74 Å². The number of rotatable bonds is 10. The molecule has 1 unspecified atom stereocenters. The highest BCUT2D eigenvalue weighted by Gasteiger charge is 2.06. The molecule has 2 rings (SSSR count). The molecule has 0 N–H and O–H groups in total. The average Bonchev–Trinajstić information content (AvgIpc) is 2.59. The van der Waals surface area contributed by atoms with Crippen LogP contribution in [0, 0.1) is 0 Å². The number of hydrogen-bond acceptors (Lipinski definition) is 3. The zero-order valence-corrected chi connectivity index (χ0v) is 14.4. The van der Waals surface area contributed by atoms with Gasteiger partial charge in [0, 0.05) is 5.56 Å². The normalized spacial score (nSPS) is 12.1. The summed E-state index contributed by atoms with van der Waals surface area (Å²) < 4.78 is 5.91. The van der Waals surface area contributed by atoms with Gasteiger partial charge in [-0.2, -0.15) is 0 Å². The van der Waals surface area contributed by atoms with Crippen molar-refractivity contribution in [1.82, 2.24) is 9.97 Å². The molecule has 0 radical (unpaired) electrons. The summed E-state index contributed by atoms with van der Waals surface area (Å²) in [4.78, 5) is 8.79. The maximum Gasteiger partial charge on any atom is 0.159 e. The molecule has 3 nitrogen and oxygen atoms in total. The van der Waals surface area contributed by atoms with Gasteiger partial charge in [-0.25, -0.2) is 9.97 Å². The first-order chi connectivity index (χ1) is 11.3. The van der Waals surface area contributed by atoms with Crippen LogP contribution in [0.5, 0.6) is 5.75 Å². The average molecular weight is 312 g/mol. The monoisotopic (exact) mass is 312 g/mol. The largest absolute Gasteiger partial charge is 0.487 e. The Bertz CT molecular complexity index is 539. The van der Waals surface area contributed by atoms with E-state index in [9.17, 15) is 0 Å². The number of aromatic nitrogens is 2. The summed E-state index contributed by atoms with van der Waals surface area (Å²) in [5.74, 6) is 1.49. The van der Waals surface area contributed by atoms with Crippen LogP contribution in [-0.4, -0.2) is 16.1 Å². The third kappa shape index (κ3) is 6.39. The highest BCUT2D eigenvalue weighted by molar-refractivity contribution is 5.54. The van der Waals surface area contributed by atoms with Crippen molar-refractivity contribution >= 4 is 0 Å². The molecule has 0 fully saturated rings. The molecule has 3 heteroatoms. The Morgan fingerprint density at radius 1 is 0.913 bits per heavy atom. The van der Waals surface area contributed by atoms with Crippen molar-refractivity contribution in [2.45, 2.75) is 64.9 Å². The van der Waals surface area contributed by atoms with Gasteiger partial charge in [0.1, 0.15) is 0 Å². The van der Waals surface area contributed by atoms with E-state index in [-0.39, 0.29) is 6.10 Å². The van der Waals surface area contributed by atoms with Crippen LogP contribution in [0.25, 0.3) is 11.4 Å². The van der Waals surface area contributed by atoms with E-state index in [4.69, 9.17) is 4.74 Å². The summed E-state index contributed by atoms with van der Waals surface area (Å²) in [6, 6.07) is 10.00. The van der Waals surface area contributed by atoms with Crippen molar-refractivity contribution in [3.63, 3.8) is 0 Å². The molecule has 1 atom stereocenters. The van der Waals surface area contributed by atoms with Gasteiger partial charge in [-0.15, -0.1) is 0 Å². The molecule has 0 aliphatic heterocycles. The predicted octanol–water partition coefficient (Wildman–Crippen LogP) is 5.66. The van der Waals surface area contributed by atoms with Crippen molar-refractivity contribution in [2.75, 3.05) is 0 Å². The number of nitrogens with zero attached hydrogens (tertiary/aromatic N) is 2. The van der Waals surface area contributed by atoms with E-state index in [0.717, 1.165) is 23.6 Å². The Morgan fingerprint density at radius 3 is 2.26 bits per heavy atom. The summed E-state index contributed by atoms with van der Waals surface area (Å²) in [6.07, 6.45) is 12.7. The third-order valence-electron chi connectivity index (χ3n) is 3.96. The zero-order chi connectivity index (χ0) is 16.3. The molecule has 124 valence electrons. The van der Waals surface area contributed by atoms with Gasteiger partial charge in [0.05, 0.1) is 18.5 Å². The summed E-state index contributed by atoms with van der Waals surface area (Å²) >= 11 is 0. The van der Waals surface area contributed by atoms with Crippen LogP contribution >= 0.6 is 0 Å². The first kappa shape index (κ1) is 17.5. The minimum atomic E-state index is 0.215. The van der Waals surface area contributed by atoms with E-state index in [1.165, 1.54) is 38.5 Å². The van der Waals surface area contributed by atoms with E-state index in [0.29, 0.717) is 0 Å². The lowest BCUT2D eigenvalue weighted by Crippen LogP contribution is -2.12. The molecule has 0 spiro atoms. The lowest BCUT2D eigenvalue weighted by atomic mass is 10.1. The molecule has 1 aromatic heterocycles. The molecule has 0 aliphatic carbocycles. The summed E-state index contributed by atoms with van der Waals surface area (Å²) in [5, 5.41) is 0. The summed E-state index contributed by atoms with van der Waals surface area (Å²) in [6.45, 7) is 4.37. The fourth-order valence-electron chi connectivity index (χ4n) is 2.62. The lowest BCUT2D eigenvalue weighted by Gasteiger charge is -2.14. The molecular weight excluding hydrogens is 284 g/mol. The summed E-state index contributed by atoms with van der Waals surface area (Å²) in [7, 11) is 0. The molecule has 0 amide bonds. The van der Waals surface area contributed by atoms with Gasteiger partial charge in [-0.3, -0.25) is 0 Å². The van der Waals surface area contributed by atoms with Gasteiger partial charge in [-0.1, -0.05) is 69.4 Å². The van der Waals surface area contributed by atoms with Crippen LogP contribution < -0.4 is 4.74 Å². The topological polar surface area (TPSA) is 35.0 Å². The third-order valence-corrected chi connectivity index (χ3v) is 3.96. The molecule has 23 heavy (non-hydrogen) atoms. The lowest BCUT2D eigenvalue weighted by molar-refractivity contribution is 0.205. The van der Waals surface area contributed by atoms with Crippen molar-refractivity contribution in [2.24, 2.45) is 0 Å². The van der Waals surface area contributed by atoms with E-state index in [2.05, 4.69) is 23.8 Å². The summed E-state index contributed by atoms with van der Waals surface area (Å²) in [5.41, 5.74) is 1.03. The van der Waals surface area contributed by atoms with Gasteiger partial charge in [-0.05, 0) is 19.8 Å². The molecule has 1 aromatic carbocycles. The smallest absolute Gasteiger partial charge is 0.159 e. The second-order valence-corrected chi connectivity index (χ2v) is 6.09. The first-order valence-corrected chi connectivity index (χ1v) is 8.83. The molecule has 2 aromatic rings. The van der Waals surface area contributed by atoms with Gasteiger partial charge < -0.3 is 4.74 Å². The first-order valence-electron chi connectivity index (χ1n) is 8.83. The highest BCUT2D eigenvalue weighted by atomic mass is 16.5. The van der Waals surface area contributed by atoms with E-state index in [1.54, 1.807) is 12.4 Å². The van der Waals surface area contributed by atoms with Crippen molar-refractivity contribution in [3.05, 3.63) is 42.7 Å². The van der Waals surface area contributed by atoms with Gasteiger partial charge >= 0.3 is 0 Å². The van der Waals surface area contributed by atoms with E-state index >= 15 is 0 Å². The van der Waals surface area contributed by atoms with Crippen LogP contribution in [0.2, 0.25) is 0 Å². The van der Waals surface area contributed by atoms with Gasteiger partial charge in [0.25, 0.3) is 0 Å². The molecule has 1 heterocycles. The molecule has 0 saturated carbocycles. The van der Waals surface area contributed by atoms with Gasteiger partial charge in [0.2, 0.25) is 0 Å². The predicted molar refractivity (Wildman–Crippen MR) is 95.6 cm³/mol. The Labute approximate surface area is 140 Å². The number of hydrogen-bond donors (Lipinski definition) is 0. The minimum Gasteiger partial charge on any atom is -0.487 e. The second-order valence-electron chi connectivity index (χ2n) is 6.09. The van der Waals surface area contributed by atoms with Crippen LogP contribution in [-0.2, 0) is 0 Å². The SMILES string of the molecule is CCCCCCCCC(C)Oc1cnc(-c2ccccc2)nc1. The standard InChI is InChI=1S/C20H28N2O/c1-3-4-5-6-7-9-12-17(2)23-19-15-21-20(22-16-19)18-13-10-8-11-14-18/h8,10-11,13-17H,3-7,9,12H2,1-2H3. The Balaban J connectivity index is 1.73. The second kappa shape index (κ2) is 9.98. The van der Waals surface area contributed by atoms with Gasteiger partial charge in [0.15, 0.2) is 11.6 Å². The number of benzene rings is 1.